The van der Waals surface area contributed by atoms with Crippen LogP contribution in [0.1, 0.15) is 26.5 Å². The van der Waals surface area contributed by atoms with Gasteiger partial charge in [-0.2, -0.15) is 11.8 Å². The number of pyridine rings is 1. The summed E-state index contributed by atoms with van der Waals surface area (Å²) in [7, 11) is 0. The molecule has 0 fully saturated rings. The van der Waals surface area contributed by atoms with Crippen LogP contribution in [0, 0.1) is 0 Å². The van der Waals surface area contributed by atoms with Crippen LogP contribution in [0.2, 0.25) is 0 Å². The van der Waals surface area contributed by atoms with E-state index < -0.39 is 0 Å². The second-order valence-corrected chi connectivity index (χ2v) is 6.83. The van der Waals surface area contributed by atoms with Gasteiger partial charge in [-0.05, 0) is 39.9 Å². The molecule has 0 saturated heterocycles. The number of hydrogen-bond acceptors (Lipinski definition) is 3. The van der Waals surface area contributed by atoms with Gasteiger partial charge in [-0.3, -0.25) is 4.98 Å². The number of hydrogen-bond donors (Lipinski definition) is 1. The third kappa shape index (κ3) is 6.43. The van der Waals surface area contributed by atoms with Crippen LogP contribution in [0.3, 0.4) is 0 Å². The number of thioether (sulfide) groups is 1. The smallest absolute Gasteiger partial charge is 0.0420 e. The third-order valence-corrected chi connectivity index (χ3v) is 4.10. The van der Waals surface area contributed by atoms with E-state index in [1.807, 2.05) is 18.0 Å². The lowest BCUT2D eigenvalue weighted by molar-refractivity contribution is 0.566. The average Bonchev–Trinajstić information content (AvgIpc) is 2.29. The van der Waals surface area contributed by atoms with Gasteiger partial charge in [0.2, 0.25) is 0 Å². The number of aromatic nitrogens is 1. The normalized spacial score (nSPS) is 13.0. The topological polar surface area (TPSA) is 24.9 Å². The van der Waals surface area contributed by atoms with Crippen molar-refractivity contribution in [2.75, 3.05) is 12.3 Å². The molecular formula is C13H21BrN2S. The summed E-state index contributed by atoms with van der Waals surface area (Å²) in [5.41, 5.74) is 1.16. The molecule has 17 heavy (non-hydrogen) atoms. The Morgan fingerprint density at radius 1 is 1.41 bits per heavy atom. The number of nitrogens with zero attached hydrogens (tertiary/aromatic N) is 1. The molecule has 0 saturated carbocycles. The molecule has 0 aromatic carbocycles. The van der Waals surface area contributed by atoms with Gasteiger partial charge in [0.15, 0.2) is 0 Å². The zero-order valence-electron chi connectivity index (χ0n) is 10.7. The predicted octanol–water partition coefficient (Wildman–Crippen LogP) is 3.51. The number of rotatable bonds is 7. The summed E-state index contributed by atoms with van der Waals surface area (Å²) in [6, 6.07) is 4.66. The van der Waals surface area contributed by atoms with Crippen LogP contribution >= 0.6 is 27.7 Å². The Kier molecular flexibility index (Phi) is 7.16. The summed E-state index contributed by atoms with van der Waals surface area (Å²) in [5, 5.41) is 4.22. The monoisotopic (exact) mass is 316 g/mol. The van der Waals surface area contributed by atoms with E-state index in [9.17, 15) is 0 Å². The van der Waals surface area contributed by atoms with Gasteiger partial charge in [-0.15, -0.1) is 0 Å². The third-order valence-electron chi connectivity index (χ3n) is 2.37. The van der Waals surface area contributed by atoms with Crippen LogP contribution in [-0.4, -0.2) is 28.6 Å². The SMILES string of the molecule is CCNC(CSC(C)C)Cc1ccc(Br)cn1. The van der Waals surface area contributed by atoms with Crippen LogP contribution in [0.4, 0.5) is 0 Å². The first-order valence-electron chi connectivity index (χ1n) is 6.07. The summed E-state index contributed by atoms with van der Waals surface area (Å²) in [4.78, 5) is 4.43. The molecule has 1 atom stereocenters. The van der Waals surface area contributed by atoms with E-state index in [0.717, 1.165) is 28.9 Å². The van der Waals surface area contributed by atoms with Gasteiger partial charge < -0.3 is 5.32 Å². The molecule has 4 heteroatoms. The van der Waals surface area contributed by atoms with Gasteiger partial charge in [-0.25, -0.2) is 0 Å². The lowest BCUT2D eigenvalue weighted by atomic mass is 10.1. The van der Waals surface area contributed by atoms with E-state index in [1.165, 1.54) is 0 Å². The molecule has 0 bridgehead atoms. The zero-order chi connectivity index (χ0) is 12.7. The highest BCUT2D eigenvalue weighted by atomic mass is 79.9. The number of nitrogens with one attached hydrogen (secondary N) is 1. The van der Waals surface area contributed by atoms with Crippen molar-refractivity contribution in [2.45, 2.75) is 38.5 Å². The molecule has 96 valence electrons. The van der Waals surface area contributed by atoms with Crippen molar-refractivity contribution < 1.29 is 0 Å². The van der Waals surface area contributed by atoms with E-state index in [0.29, 0.717) is 11.3 Å². The van der Waals surface area contributed by atoms with Crippen LogP contribution in [0.15, 0.2) is 22.8 Å². The number of likely N-dealkylation sites (N-methyl/N-ethyl adjacent to an activating group) is 1. The lowest BCUT2D eigenvalue weighted by Gasteiger charge is -2.18. The van der Waals surface area contributed by atoms with Gasteiger partial charge in [0.25, 0.3) is 0 Å². The Morgan fingerprint density at radius 3 is 2.71 bits per heavy atom. The highest BCUT2D eigenvalue weighted by molar-refractivity contribution is 9.10. The van der Waals surface area contributed by atoms with Crippen LogP contribution in [-0.2, 0) is 6.42 Å². The second kappa shape index (κ2) is 8.11. The first-order valence-corrected chi connectivity index (χ1v) is 7.91. The van der Waals surface area contributed by atoms with Gasteiger partial charge >= 0.3 is 0 Å². The van der Waals surface area contributed by atoms with Gasteiger partial charge in [0, 0.05) is 34.6 Å². The molecule has 1 rings (SSSR count). The van der Waals surface area contributed by atoms with E-state index in [-0.39, 0.29) is 0 Å². The molecule has 0 radical (unpaired) electrons. The van der Waals surface area contributed by atoms with Crippen molar-refractivity contribution in [2.24, 2.45) is 0 Å². The molecule has 1 heterocycles. The standard InChI is InChI=1S/C13H21BrN2S/c1-4-15-13(9-17-10(2)3)7-12-6-5-11(14)8-16-12/h5-6,8,10,13,15H,4,7,9H2,1-3H3. The second-order valence-electron chi connectivity index (χ2n) is 4.31. The van der Waals surface area contributed by atoms with Crippen molar-refractivity contribution in [1.29, 1.82) is 0 Å². The van der Waals surface area contributed by atoms with E-state index in [4.69, 9.17) is 0 Å². The van der Waals surface area contributed by atoms with E-state index in [1.54, 1.807) is 0 Å². The molecule has 0 aliphatic heterocycles. The molecule has 1 unspecified atom stereocenters. The maximum Gasteiger partial charge on any atom is 0.0420 e. The van der Waals surface area contributed by atoms with Gasteiger partial charge in [0.1, 0.15) is 0 Å². The molecule has 0 amide bonds. The maximum absolute atomic E-state index is 4.43. The minimum absolute atomic E-state index is 0.515. The fourth-order valence-corrected chi connectivity index (χ4v) is 2.65. The first kappa shape index (κ1) is 15.0. The molecule has 2 nitrogen and oxygen atoms in total. The Balaban J connectivity index is 2.50. The summed E-state index contributed by atoms with van der Waals surface area (Å²) in [6.45, 7) is 7.65. The van der Waals surface area contributed by atoms with Gasteiger partial charge in [0.05, 0.1) is 0 Å². The largest absolute Gasteiger partial charge is 0.313 e. The van der Waals surface area contributed by atoms with E-state index in [2.05, 4.69) is 59.1 Å². The van der Waals surface area contributed by atoms with E-state index >= 15 is 0 Å². The molecule has 1 aromatic rings. The lowest BCUT2D eigenvalue weighted by Crippen LogP contribution is -2.33. The van der Waals surface area contributed by atoms with Crippen LogP contribution < -0.4 is 5.32 Å². The van der Waals surface area contributed by atoms with Crippen LogP contribution in [0.25, 0.3) is 0 Å². The quantitative estimate of drug-likeness (QED) is 0.833. The minimum atomic E-state index is 0.515. The minimum Gasteiger partial charge on any atom is -0.313 e. The Hall–Kier alpha value is -0.0600. The molecule has 0 spiro atoms. The Labute approximate surface area is 117 Å². The fraction of sp³-hybridized carbons (Fsp3) is 0.615. The molecule has 1 aromatic heterocycles. The van der Waals surface area contributed by atoms with Crippen molar-refractivity contribution in [3.63, 3.8) is 0 Å². The summed E-state index contributed by atoms with van der Waals surface area (Å²) in [6.07, 6.45) is 2.87. The average molecular weight is 317 g/mol. The molecular weight excluding hydrogens is 296 g/mol. The fourth-order valence-electron chi connectivity index (χ4n) is 1.57. The van der Waals surface area contributed by atoms with Crippen molar-refractivity contribution in [3.05, 3.63) is 28.5 Å². The van der Waals surface area contributed by atoms with Crippen molar-refractivity contribution >= 4 is 27.7 Å². The Morgan fingerprint density at radius 2 is 2.18 bits per heavy atom. The highest BCUT2D eigenvalue weighted by Gasteiger charge is 2.10. The zero-order valence-corrected chi connectivity index (χ0v) is 13.1. The van der Waals surface area contributed by atoms with Gasteiger partial charge in [-0.1, -0.05) is 20.8 Å². The molecule has 1 N–H and O–H groups in total. The predicted molar refractivity (Wildman–Crippen MR) is 80.7 cm³/mol. The summed E-state index contributed by atoms with van der Waals surface area (Å²) >= 11 is 5.41. The van der Waals surface area contributed by atoms with Crippen molar-refractivity contribution in [1.82, 2.24) is 10.3 Å². The summed E-state index contributed by atoms with van der Waals surface area (Å²) in [5.74, 6) is 1.14. The Bertz CT molecular complexity index is 314. The van der Waals surface area contributed by atoms with Crippen LogP contribution in [0.5, 0.6) is 0 Å². The van der Waals surface area contributed by atoms with Crippen molar-refractivity contribution in [3.8, 4) is 0 Å². The summed E-state index contributed by atoms with van der Waals surface area (Å²) < 4.78 is 1.04. The molecule has 0 aliphatic rings. The molecule has 0 aliphatic carbocycles. The first-order chi connectivity index (χ1) is 8.11. The highest BCUT2D eigenvalue weighted by Crippen LogP contribution is 2.14. The number of halogens is 1. The maximum atomic E-state index is 4.43.